The van der Waals surface area contributed by atoms with Crippen LogP contribution in [0.2, 0.25) is 0 Å². The van der Waals surface area contributed by atoms with Crippen LogP contribution in [-0.4, -0.2) is 59.2 Å². The number of nitrogens with one attached hydrogen (secondary N) is 1. The Morgan fingerprint density at radius 3 is 2.42 bits per heavy atom. The molecule has 4 heterocycles. The van der Waals surface area contributed by atoms with Crippen LogP contribution in [-0.2, 0) is 17.5 Å². The lowest BCUT2D eigenvalue weighted by molar-refractivity contribution is -0.138. The van der Waals surface area contributed by atoms with Gasteiger partial charge in [-0.1, -0.05) is 0 Å². The molecule has 0 saturated carbocycles. The van der Waals surface area contributed by atoms with Crippen LogP contribution in [0.4, 0.5) is 39.3 Å². The average Bonchev–Trinajstić information content (AvgIpc) is 2.91. The summed E-state index contributed by atoms with van der Waals surface area (Å²) in [6.07, 6.45) is -2.10. The smallest absolute Gasteiger partial charge is 0.379 e. The summed E-state index contributed by atoms with van der Waals surface area (Å²) in [5.74, 6) is -0.678. The molecule has 2 aliphatic heterocycles. The van der Waals surface area contributed by atoms with Crippen molar-refractivity contribution >= 4 is 17.3 Å². The largest absolute Gasteiger partial charge is 0.418 e. The summed E-state index contributed by atoms with van der Waals surface area (Å²) < 4.78 is 73.1. The molecule has 3 aromatic rings. The van der Waals surface area contributed by atoms with Gasteiger partial charge in [-0.25, -0.2) is 18.7 Å². The Morgan fingerprint density at radius 2 is 1.71 bits per heavy atom. The third-order valence-corrected chi connectivity index (χ3v) is 6.77. The highest BCUT2D eigenvalue weighted by atomic mass is 19.4. The number of halogens is 5. The van der Waals surface area contributed by atoms with Gasteiger partial charge in [0.1, 0.15) is 17.5 Å². The number of pyridine rings is 1. The molecule has 5 rings (SSSR count). The lowest BCUT2D eigenvalue weighted by Crippen LogP contribution is -2.37. The van der Waals surface area contributed by atoms with Gasteiger partial charge in [-0.05, 0) is 37.1 Å². The van der Waals surface area contributed by atoms with E-state index in [0.717, 1.165) is 31.3 Å². The van der Waals surface area contributed by atoms with E-state index in [9.17, 15) is 22.0 Å². The number of ether oxygens (including phenoxy) is 1. The Bertz CT molecular complexity index is 1260. The molecule has 2 aromatic heterocycles. The maximum absolute atomic E-state index is 13.8. The van der Waals surface area contributed by atoms with E-state index in [2.05, 4.69) is 20.2 Å². The Labute approximate surface area is 216 Å². The summed E-state index contributed by atoms with van der Waals surface area (Å²) in [5, 5.41) is 3.03. The minimum absolute atomic E-state index is 0.0797. The molecule has 0 amide bonds. The van der Waals surface area contributed by atoms with E-state index >= 15 is 0 Å². The first-order valence-corrected chi connectivity index (χ1v) is 12.4. The molecular formula is C26H27F5N6O. The van der Waals surface area contributed by atoms with Crippen LogP contribution in [0.1, 0.15) is 35.8 Å². The van der Waals surface area contributed by atoms with Crippen LogP contribution >= 0.6 is 0 Å². The van der Waals surface area contributed by atoms with E-state index in [4.69, 9.17) is 9.72 Å². The Hall–Kier alpha value is -3.38. The number of alkyl halides is 3. The van der Waals surface area contributed by atoms with Gasteiger partial charge in [0.2, 0.25) is 0 Å². The molecule has 2 aliphatic rings. The van der Waals surface area contributed by atoms with Crippen molar-refractivity contribution in [3.05, 3.63) is 71.3 Å². The number of hydrogen-bond donors (Lipinski definition) is 1. The van der Waals surface area contributed by atoms with Crippen LogP contribution in [0.15, 0.2) is 42.6 Å². The van der Waals surface area contributed by atoms with Crippen molar-refractivity contribution in [2.45, 2.75) is 31.5 Å². The molecule has 0 atom stereocenters. The second kappa shape index (κ2) is 11.2. The van der Waals surface area contributed by atoms with Crippen molar-refractivity contribution in [1.29, 1.82) is 0 Å². The highest BCUT2D eigenvalue weighted by Gasteiger charge is 2.37. The molecule has 12 heteroatoms. The standard InChI is InChI=1S/C26H27F5N6O/c27-20-4-3-18(14-21(20)28)33-22-15-24(35-23(34-22)16-36-10-12-38-13-11-36)37-8-5-17(6-9-37)25-19(26(29,30)31)2-1-7-32-25/h1-4,7,14-15,17H,5-6,8-13,16H2,(H,33,34,35). The van der Waals surface area contributed by atoms with Crippen LogP contribution in [0.5, 0.6) is 0 Å². The minimum atomic E-state index is -4.46. The van der Waals surface area contributed by atoms with E-state index in [-0.39, 0.29) is 11.6 Å². The summed E-state index contributed by atoms with van der Waals surface area (Å²) in [6.45, 7) is 4.13. The summed E-state index contributed by atoms with van der Waals surface area (Å²) in [4.78, 5) is 17.6. The summed E-state index contributed by atoms with van der Waals surface area (Å²) >= 11 is 0. The number of hydrogen-bond acceptors (Lipinski definition) is 7. The van der Waals surface area contributed by atoms with Gasteiger partial charge in [0.05, 0.1) is 31.0 Å². The molecule has 38 heavy (non-hydrogen) atoms. The lowest BCUT2D eigenvalue weighted by Gasteiger charge is -2.34. The van der Waals surface area contributed by atoms with Crippen LogP contribution in [0, 0.1) is 11.6 Å². The monoisotopic (exact) mass is 534 g/mol. The summed E-state index contributed by atoms with van der Waals surface area (Å²) in [5.41, 5.74) is -0.276. The fraction of sp³-hybridized carbons (Fsp3) is 0.423. The molecule has 0 spiro atoms. The number of morpholine rings is 1. The van der Waals surface area contributed by atoms with Crippen molar-refractivity contribution in [3.8, 4) is 0 Å². The molecule has 1 N–H and O–H groups in total. The summed E-state index contributed by atoms with van der Waals surface area (Å²) in [7, 11) is 0. The normalized spacial score (nSPS) is 17.6. The van der Waals surface area contributed by atoms with E-state index in [1.807, 2.05) is 4.90 Å². The third-order valence-electron chi connectivity index (χ3n) is 6.77. The molecule has 0 radical (unpaired) electrons. The van der Waals surface area contributed by atoms with Crippen molar-refractivity contribution in [2.24, 2.45) is 0 Å². The quantitative estimate of drug-likeness (QED) is 0.440. The first-order chi connectivity index (χ1) is 18.3. The molecule has 0 aliphatic carbocycles. The van der Waals surface area contributed by atoms with E-state index in [1.54, 1.807) is 6.07 Å². The summed E-state index contributed by atoms with van der Waals surface area (Å²) in [6, 6.07) is 7.60. The van der Waals surface area contributed by atoms with E-state index in [0.29, 0.717) is 68.8 Å². The Balaban J connectivity index is 1.36. The first-order valence-electron chi connectivity index (χ1n) is 12.4. The minimum Gasteiger partial charge on any atom is -0.379 e. The van der Waals surface area contributed by atoms with Gasteiger partial charge in [-0.15, -0.1) is 0 Å². The highest BCUT2D eigenvalue weighted by molar-refractivity contribution is 5.60. The molecule has 0 bridgehead atoms. The zero-order valence-corrected chi connectivity index (χ0v) is 20.5. The molecule has 2 saturated heterocycles. The van der Waals surface area contributed by atoms with E-state index in [1.165, 1.54) is 18.3 Å². The van der Waals surface area contributed by atoms with Gasteiger partial charge in [0.15, 0.2) is 11.6 Å². The van der Waals surface area contributed by atoms with Crippen LogP contribution in [0.25, 0.3) is 0 Å². The highest BCUT2D eigenvalue weighted by Crippen LogP contribution is 2.38. The van der Waals surface area contributed by atoms with Gasteiger partial charge in [0, 0.05) is 56.1 Å². The number of anilines is 3. The van der Waals surface area contributed by atoms with Gasteiger partial charge >= 0.3 is 6.18 Å². The predicted molar refractivity (Wildman–Crippen MR) is 131 cm³/mol. The second-order valence-corrected chi connectivity index (χ2v) is 9.37. The van der Waals surface area contributed by atoms with Crippen molar-refractivity contribution in [3.63, 3.8) is 0 Å². The fourth-order valence-electron chi connectivity index (χ4n) is 4.83. The molecule has 0 unspecified atom stereocenters. The van der Waals surface area contributed by atoms with E-state index < -0.39 is 23.4 Å². The topological polar surface area (TPSA) is 66.4 Å². The fourth-order valence-corrected chi connectivity index (χ4v) is 4.83. The maximum atomic E-state index is 13.8. The maximum Gasteiger partial charge on any atom is 0.418 e. The lowest BCUT2D eigenvalue weighted by atomic mass is 9.90. The van der Waals surface area contributed by atoms with Gasteiger partial charge in [-0.3, -0.25) is 9.88 Å². The van der Waals surface area contributed by atoms with Crippen LogP contribution < -0.4 is 10.2 Å². The number of nitrogens with zero attached hydrogens (tertiary/aromatic N) is 5. The van der Waals surface area contributed by atoms with Gasteiger partial charge in [0.25, 0.3) is 0 Å². The molecule has 1 aromatic carbocycles. The van der Waals surface area contributed by atoms with Crippen molar-refractivity contribution in [2.75, 3.05) is 49.6 Å². The zero-order chi connectivity index (χ0) is 26.7. The number of aromatic nitrogens is 3. The molecule has 7 nitrogen and oxygen atoms in total. The Morgan fingerprint density at radius 1 is 0.947 bits per heavy atom. The van der Waals surface area contributed by atoms with Gasteiger partial charge < -0.3 is 15.0 Å². The third kappa shape index (κ3) is 6.18. The molecular weight excluding hydrogens is 507 g/mol. The number of rotatable bonds is 6. The SMILES string of the molecule is Fc1ccc(Nc2cc(N3CCC(c4ncccc4C(F)(F)F)CC3)nc(CN3CCOCC3)n2)cc1F. The van der Waals surface area contributed by atoms with Gasteiger partial charge in [-0.2, -0.15) is 13.2 Å². The zero-order valence-electron chi connectivity index (χ0n) is 20.5. The average molecular weight is 535 g/mol. The molecule has 202 valence electrons. The second-order valence-electron chi connectivity index (χ2n) is 9.37. The predicted octanol–water partition coefficient (Wildman–Crippen LogP) is 5.13. The first kappa shape index (κ1) is 26.2. The number of piperidine rings is 1. The molecule has 2 fully saturated rings. The Kier molecular flexibility index (Phi) is 7.70. The van der Waals surface area contributed by atoms with Crippen LogP contribution in [0.3, 0.4) is 0 Å². The number of benzene rings is 1. The van der Waals surface area contributed by atoms with Crippen molar-refractivity contribution < 1.29 is 26.7 Å². The van der Waals surface area contributed by atoms with Crippen molar-refractivity contribution in [1.82, 2.24) is 19.9 Å².